The van der Waals surface area contributed by atoms with E-state index < -0.39 is 0 Å². The molecule has 2 heteroatoms. The average molecular weight is 194 g/mol. The van der Waals surface area contributed by atoms with Crippen LogP contribution in [0.4, 0.5) is 0 Å². The summed E-state index contributed by atoms with van der Waals surface area (Å²) < 4.78 is 0. The second-order valence-corrected chi connectivity index (χ2v) is 4.50. The van der Waals surface area contributed by atoms with Crippen LogP contribution in [0.2, 0.25) is 0 Å². The summed E-state index contributed by atoms with van der Waals surface area (Å²) in [7, 11) is 4.15. The van der Waals surface area contributed by atoms with Crippen LogP contribution < -0.4 is 5.73 Å². The van der Waals surface area contributed by atoms with Gasteiger partial charge >= 0.3 is 0 Å². The SMILES string of the molecule is C[C@@H](C1C=CC=CC1)[C@H](N)CN(C)C. The molecule has 14 heavy (non-hydrogen) atoms. The minimum absolute atomic E-state index is 0.270. The first-order chi connectivity index (χ1) is 6.61. The van der Waals surface area contributed by atoms with Crippen molar-refractivity contribution in [2.75, 3.05) is 20.6 Å². The second kappa shape index (κ2) is 5.32. The van der Waals surface area contributed by atoms with Crippen LogP contribution in [0.3, 0.4) is 0 Å². The minimum Gasteiger partial charge on any atom is -0.326 e. The summed E-state index contributed by atoms with van der Waals surface area (Å²) in [5, 5.41) is 0. The molecule has 0 aromatic rings. The van der Waals surface area contributed by atoms with Gasteiger partial charge in [-0.25, -0.2) is 0 Å². The molecule has 0 saturated heterocycles. The van der Waals surface area contributed by atoms with Gasteiger partial charge in [-0.05, 0) is 32.4 Å². The van der Waals surface area contributed by atoms with Crippen molar-refractivity contribution in [2.24, 2.45) is 17.6 Å². The quantitative estimate of drug-likeness (QED) is 0.737. The Labute approximate surface area is 87.5 Å². The van der Waals surface area contributed by atoms with E-state index in [9.17, 15) is 0 Å². The summed E-state index contributed by atoms with van der Waals surface area (Å²) in [4.78, 5) is 2.16. The highest BCUT2D eigenvalue weighted by Crippen LogP contribution is 2.23. The predicted octanol–water partition coefficient (Wildman–Crippen LogP) is 1.64. The van der Waals surface area contributed by atoms with E-state index in [-0.39, 0.29) is 6.04 Å². The highest BCUT2D eigenvalue weighted by atomic mass is 15.1. The molecule has 0 fully saturated rings. The van der Waals surface area contributed by atoms with Crippen molar-refractivity contribution >= 4 is 0 Å². The van der Waals surface area contributed by atoms with Crippen LogP contribution in [0.5, 0.6) is 0 Å². The molecule has 1 rings (SSSR count). The van der Waals surface area contributed by atoms with Crippen LogP contribution in [-0.2, 0) is 0 Å². The van der Waals surface area contributed by atoms with E-state index in [1.807, 2.05) is 0 Å². The van der Waals surface area contributed by atoms with Gasteiger partial charge in [0.05, 0.1) is 0 Å². The van der Waals surface area contributed by atoms with E-state index in [1.54, 1.807) is 0 Å². The molecule has 80 valence electrons. The molecule has 1 aliphatic rings. The number of hydrogen-bond donors (Lipinski definition) is 1. The molecule has 1 aliphatic carbocycles. The maximum Gasteiger partial charge on any atom is 0.0199 e. The Hall–Kier alpha value is -0.600. The summed E-state index contributed by atoms with van der Waals surface area (Å²) in [5.74, 6) is 1.17. The molecule has 0 bridgehead atoms. The molecule has 0 radical (unpaired) electrons. The van der Waals surface area contributed by atoms with Gasteiger partial charge in [0, 0.05) is 12.6 Å². The monoisotopic (exact) mass is 194 g/mol. The molecular weight excluding hydrogens is 172 g/mol. The van der Waals surface area contributed by atoms with Crippen LogP contribution in [0, 0.1) is 11.8 Å². The van der Waals surface area contributed by atoms with Gasteiger partial charge < -0.3 is 10.6 Å². The van der Waals surface area contributed by atoms with Crippen molar-refractivity contribution in [2.45, 2.75) is 19.4 Å². The Morgan fingerprint density at radius 3 is 2.64 bits per heavy atom. The van der Waals surface area contributed by atoms with Crippen LogP contribution in [0.1, 0.15) is 13.3 Å². The highest BCUT2D eigenvalue weighted by molar-refractivity contribution is 5.12. The fourth-order valence-corrected chi connectivity index (χ4v) is 1.90. The first-order valence-corrected chi connectivity index (χ1v) is 5.35. The maximum absolute atomic E-state index is 6.15. The van der Waals surface area contributed by atoms with Crippen molar-refractivity contribution < 1.29 is 0 Å². The van der Waals surface area contributed by atoms with Gasteiger partial charge in [-0.15, -0.1) is 0 Å². The minimum atomic E-state index is 0.270. The normalized spacial score (nSPS) is 25.4. The fraction of sp³-hybridized carbons (Fsp3) is 0.667. The Morgan fingerprint density at radius 2 is 2.14 bits per heavy atom. The van der Waals surface area contributed by atoms with E-state index in [4.69, 9.17) is 5.73 Å². The number of hydrogen-bond acceptors (Lipinski definition) is 2. The molecule has 1 unspecified atom stereocenters. The smallest absolute Gasteiger partial charge is 0.0199 e. The fourth-order valence-electron chi connectivity index (χ4n) is 1.90. The van der Waals surface area contributed by atoms with Gasteiger partial charge in [-0.2, -0.15) is 0 Å². The molecule has 0 spiro atoms. The van der Waals surface area contributed by atoms with Crippen LogP contribution in [0.15, 0.2) is 24.3 Å². The van der Waals surface area contributed by atoms with Crippen molar-refractivity contribution in [1.82, 2.24) is 4.90 Å². The topological polar surface area (TPSA) is 29.3 Å². The van der Waals surface area contributed by atoms with E-state index in [1.165, 1.54) is 0 Å². The standard InChI is InChI=1S/C12H22N2/c1-10(12(13)9-14(2)3)11-7-5-4-6-8-11/h4-7,10-12H,8-9,13H2,1-3H3/t10-,11?,12+/m0/s1. The molecule has 0 heterocycles. The summed E-state index contributed by atoms with van der Waals surface area (Å²) in [6, 6.07) is 0.270. The third-order valence-electron chi connectivity index (χ3n) is 2.94. The number of nitrogens with two attached hydrogens (primary N) is 1. The molecule has 3 atom stereocenters. The lowest BCUT2D eigenvalue weighted by molar-refractivity contribution is 0.280. The Morgan fingerprint density at radius 1 is 1.43 bits per heavy atom. The van der Waals surface area contributed by atoms with Gasteiger partial charge in [0.1, 0.15) is 0 Å². The summed E-state index contributed by atoms with van der Waals surface area (Å²) >= 11 is 0. The third-order valence-corrected chi connectivity index (χ3v) is 2.94. The zero-order chi connectivity index (χ0) is 10.6. The van der Waals surface area contributed by atoms with Gasteiger partial charge in [-0.1, -0.05) is 31.2 Å². The summed E-state index contributed by atoms with van der Waals surface area (Å²) in [5.41, 5.74) is 6.15. The summed E-state index contributed by atoms with van der Waals surface area (Å²) in [6.45, 7) is 3.22. The lowest BCUT2D eigenvalue weighted by Gasteiger charge is -2.28. The van der Waals surface area contributed by atoms with Crippen molar-refractivity contribution in [3.8, 4) is 0 Å². The zero-order valence-corrected chi connectivity index (χ0v) is 9.48. The average Bonchev–Trinajstić information content (AvgIpc) is 2.17. The zero-order valence-electron chi connectivity index (χ0n) is 9.48. The van der Waals surface area contributed by atoms with Crippen molar-refractivity contribution in [3.05, 3.63) is 24.3 Å². The third kappa shape index (κ3) is 3.28. The van der Waals surface area contributed by atoms with Crippen molar-refractivity contribution in [3.63, 3.8) is 0 Å². The number of rotatable bonds is 4. The number of nitrogens with zero attached hydrogens (tertiary/aromatic N) is 1. The lowest BCUT2D eigenvalue weighted by Crippen LogP contribution is -2.41. The first kappa shape index (κ1) is 11.5. The number of allylic oxidation sites excluding steroid dienone is 4. The molecule has 0 saturated carbocycles. The summed E-state index contributed by atoms with van der Waals surface area (Å²) in [6.07, 6.45) is 9.89. The molecule has 0 aromatic carbocycles. The second-order valence-electron chi connectivity index (χ2n) is 4.50. The molecule has 2 N–H and O–H groups in total. The lowest BCUT2D eigenvalue weighted by atomic mass is 9.83. The van der Waals surface area contributed by atoms with E-state index in [2.05, 4.69) is 50.2 Å². The van der Waals surface area contributed by atoms with Gasteiger partial charge in [0.15, 0.2) is 0 Å². The Balaban J connectivity index is 2.43. The van der Waals surface area contributed by atoms with Gasteiger partial charge in [-0.3, -0.25) is 0 Å². The highest BCUT2D eigenvalue weighted by Gasteiger charge is 2.21. The number of likely N-dealkylation sites (N-methyl/N-ethyl adjacent to an activating group) is 1. The largest absolute Gasteiger partial charge is 0.326 e. The van der Waals surface area contributed by atoms with Crippen molar-refractivity contribution in [1.29, 1.82) is 0 Å². The molecule has 0 aromatic heterocycles. The first-order valence-electron chi connectivity index (χ1n) is 5.35. The van der Waals surface area contributed by atoms with E-state index in [0.717, 1.165) is 13.0 Å². The van der Waals surface area contributed by atoms with Crippen LogP contribution in [0.25, 0.3) is 0 Å². The van der Waals surface area contributed by atoms with E-state index >= 15 is 0 Å². The molecular formula is C12H22N2. The van der Waals surface area contributed by atoms with Gasteiger partial charge in [0.2, 0.25) is 0 Å². The molecule has 0 aliphatic heterocycles. The maximum atomic E-state index is 6.15. The van der Waals surface area contributed by atoms with Crippen LogP contribution in [-0.4, -0.2) is 31.6 Å². The predicted molar refractivity (Wildman–Crippen MR) is 62.1 cm³/mol. The Bertz CT molecular complexity index is 218. The molecule has 2 nitrogen and oxygen atoms in total. The molecule has 0 amide bonds. The van der Waals surface area contributed by atoms with E-state index in [0.29, 0.717) is 11.8 Å². The van der Waals surface area contributed by atoms with Crippen LogP contribution >= 0.6 is 0 Å². The van der Waals surface area contributed by atoms with Gasteiger partial charge in [0.25, 0.3) is 0 Å². The Kier molecular flexibility index (Phi) is 4.36.